The van der Waals surface area contributed by atoms with Crippen LogP contribution in [-0.2, 0) is 4.79 Å². The fourth-order valence-electron chi connectivity index (χ4n) is 9.11. The van der Waals surface area contributed by atoms with Gasteiger partial charge in [0.2, 0.25) is 5.91 Å². The van der Waals surface area contributed by atoms with Crippen LogP contribution >= 0.6 is 0 Å². The zero-order valence-corrected chi connectivity index (χ0v) is 43.0. The molecule has 0 saturated heterocycles. The van der Waals surface area contributed by atoms with Crippen LogP contribution in [0, 0.1) is 0 Å². The van der Waals surface area contributed by atoms with Crippen LogP contribution in [0.15, 0.2) is 24.3 Å². The third-order valence-electron chi connectivity index (χ3n) is 13.6. The quantitative estimate of drug-likeness (QED) is 0.0308. The van der Waals surface area contributed by atoms with Gasteiger partial charge in [0.15, 0.2) is 0 Å². The van der Waals surface area contributed by atoms with Crippen molar-refractivity contribution in [2.24, 2.45) is 0 Å². The topological polar surface area (TPSA) is 110 Å². The van der Waals surface area contributed by atoms with Crippen molar-refractivity contribution in [3.05, 3.63) is 24.3 Å². The Morgan fingerprint density at radius 3 is 0.938 bits per heavy atom. The van der Waals surface area contributed by atoms with Gasteiger partial charge in [0.25, 0.3) is 0 Å². The van der Waals surface area contributed by atoms with E-state index in [-0.39, 0.29) is 0 Å². The van der Waals surface area contributed by atoms with Crippen LogP contribution in [0.1, 0.15) is 309 Å². The molecule has 0 spiro atoms. The average Bonchev–Trinajstić information content (AvgIpc) is 3.30. The number of amides is 1. The predicted molar refractivity (Wildman–Crippen MR) is 279 cm³/mol. The molecule has 0 saturated carbocycles. The second-order valence-electron chi connectivity index (χ2n) is 20.0. The number of aliphatic hydroxyl groups excluding tert-OH is 4. The van der Waals surface area contributed by atoms with Crippen LogP contribution in [0.5, 0.6) is 0 Å². The van der Waals surface area contributed by atoms with Crippen LogP contribution in [0.3, 0.4) is 0 Å². The van der Waals surface area contributed by atoms with Crippen molar-refractivity contribution in [2.45, 2.75) is 334 Å². The third-order valence-corrected chi connectivity index (χ3v) is 13.6. The minimum absolute atomic E-state index is 0.366. The van der Waals surface area contributed by atoms with Crippen LogP contribution < -0.4 is 5.32 Å². The molecule has 0 aliphatic heterocycles. The van der Waals surface area contributed by atoms with Gasteiger partial charge < -0.3 is 25.7 Å². The minimum atomic E-state index is -1.28. The van der Waals surface area contributed by atoms with Gasteiger partial charge in [0, 0.05) is 0 Å². The molecule has 4 unspecified atom stereocenters. The zero-order valence-electron chi connectivity index (χ0n) is 43.0. The summed E-state index contributed by atoms with van der Waals surface area (Å²) in [4.78, 5) is 12.6. The lowest BCUT2D eigenvalue weighted by molar-refractivity contribution is -0.132. The normalized spacial score (nSPS) is 13.9. The van der Waals surface area contributed by atoms with Gasteiger partial charge in [0.05, 0.1) is 18.8 Å². The third kappa shape index (κ3) is 45.9. The zero-order chi connectivity index (χ0) is 46.7. The number of carbonyl (C=O) groups excluding carboxylic acids is 1. The maximum Gasteiger partial charge on any atom is 0.249 e. The second kappa shape index (κ2) is 52.8. The number of rotatable bonds is 53. The van der Waals surface area contributed by atoms with Crippen molar-refractivity contribution >= 4 is 5.91 Å². The Hall–Kier alpha value is -1.21. The van der Waals surface area contributed by atoms with E-state index in [1.54, 1.807) is 0 Å². The second-order valence-corrected chi connectivity index (χ2v) is 20.0. The first kappa shape index (κ1) is 62.8. The SMILES string of the molecule is CCCCCCCCCCCCCC/C=C\CCCCCCCCCCCCCCCCC(O)C(=O)NC(CO)C(O)C(O)CCC/C=C/CCCCCCCCCCCCCCC. The summed E-state index contributed by atoms with van der Waals surface area (Å²) in [6.07, 6.45) is 64.0. The molecule has 0 aliphatic carbocycles. The molecule has 0 aromatic heterocycles. The largest absolute Gasteiger partial charge is 0.394 e. The van der Waals surface area contributed by atoms with E-state index in [0.29, 0.717) is 12.8 Å². The molecular formula is C58H113NO5. The fraction of sp³-hybridized carbons (Fsp3) is 0.914. The van der Waals surface area contributed by atoms with Crippen molar-refractivity contribution in [2.75, 3.05) is 6.61 Å². The lowest BCUT2D eigenvalue weighted by Gasteiger charge is -2.27. The summed E-state index contributed by atoms with van der Waals surface area (Å²) in [6, 6.07) is -1.00. The average molecular weight is 905 g/mol. The highest BCUT2D eigenvalue weighted by Crippen LogP contribution is 2.17. The Kier molecular flexibility index (Phi) is 51.8. The molecule has 64 heavy (non-hydrogen) atoms. The molecule has 5 N–H and O–H groups in total. The monoisotopic (exact) mass is 904 g/mol. The highest BCUT2D eigenvalue weighted by Gasteiger charge is 2.28. The lowest BCUT2D eigenvalue weighted by Crippen LogP contribution is -2.53. The highest BCUT2D eigenvalue weighted by molar-refractivity contribution is 5.80. The smallest absolute Gasteiger partial charge is 0.249 e. The van der Waals surface area contributed by atoms with Crippen molar-refractivity contribution in [1.82, 2.24) is 5.32 Å². The molecule has 6 nitrogen and oxygen atoms in total. The Balaban J connectivity index is 3.61. The van der Waals surface area contributed by atoms with E-state index in [0.717, 1.165) is 38.5 Å². The number of allylic oxidation sites excluding steroid dienone is 4. The van der Waals surface area contributed by atoms with Crippen molar-refractivity contribution in [3.8, 4) is 0 Å². The van der Waals surface area contributed by atoms with E-state index in [1.807, 2.05) is 0 Å². The van der Waals surface area contributed by atoms with Crippen LogP contribution in [0.4, 0.5) is 0 Å². The lowest BCUT2D eigenvalue weighted by atomic mass is 10.00. The molecule has 0 rings (SSSR count). The van der Waals surface area contributed by atoms with Gasteiger partial charge in [-0.3, -0.25) is 4.79 Å². The van der Waals surface area contributed by atoms with E-state index in [9.17, 15) is 25.2 Å². The fourth-order valence-corrected chi connectivity index (χ4v) is 9.11. The van der Waals surface area contributed by atoms with E-state index in [1.165, 1.54) is 244 Å². The first-order valence-electron chi connectivity index (χ1n) is 28.7. The Bertz CT molecular complexity index is 970. The summed E-state index contributed by atoms with van der Waals surface area (Å²) in [6.45, 7) is 4.08. The number of aliphatic hydroxyl groups is 4. The Morgan fingerprint density at radius 1 is 0.375 bits per heavy atom. The minimum Gasteiger partial charge on any atom is -0.394 e. The molecule has 6 heteroatoms. The van der Waals surface area contributed by atoms with Gasteiger partial charge in [-0.1, -0.05) is 269 Å². The molecule has 0 bridgehead atoms. The Labute approximate surface area is 399 Å². The maximum absolute atomic E-state index is 12.6. The molecule has 0 aliphatic rings. The van der Waals surface area contributed by atoms with Crippen LogP contribution in [0.25, 0.3) is 0 Å². The molecule has 1 amide bonds. The summed E-state index contributed by atoms with van der Waals surface area (Å²) in [7, 11) is 0. The highest BCUT2D eigenvalue weighted by atomic mass is 16.3. The predicted octanol–water partition coefficient (Wildman–Crippen LogP) is 16.6. The molecule has 0 aromatic rings. The van der Waals surface area contributed by atoms with E-state index in [4.69, 9.17) is 0 Å². The number of hydrogen-bond acceptors (Lipinski definition) is 5. The molecule has 0 heterocycles. The van der Waals surface area contributed by atoms with Crippen LogP contribution in [-0.4, -0.2) is 57.3 Å². The first-order chi connectivity index (χ1) is 31.5. The molecule has 0 fully saturated rings. The van der Waals surface area contributed by atoms with Gasteiger partial charge >= 0.3 is 0 Å². The summed E-state index contributed by atoms with van der Waals surface area (Å²) >= 11 is 0. The van der Waals surface area contributed by atoms with Gasteiger partial charge in [-0.25, -0.2) is 0 Å². The van der Waals surface area contributed by atoms with Gasteiger partial charge in [0.1, 0.15) is 12.2 Å². The molecular weight excluding hydrogens is 791 g/mol. The number of unbranched alkanes of at least 4 members (excludes halogenated alkanes) is 40. The molecule has 0 aromatic carbocycles. The summed E-state index contributed by atoms with van der Waals surface area (Å²) in [5.41, 5.74) is 0. The molecule has 380 valence electrons. The summed E-state index contributed by atoms with van der Waals surface area (Å²) in [5.74, 6) is -0.589. The van der Waals surface area contributed by atoms with Gasteiger partial charge in [-0.05, 0) is 64.2 Å². The summed E-state index contributed by atoms with van der Waals surface area (Å²) < 4.78 is 0. The van der Waals surface area contributed by atoms with Gasteiger partial charge in [-0.2, -0.15) is 0 Å². The Morgan fingerprint density at radius 2 is 0.641 bits per heavy atom. The number of carbonyl (C=O) groups is 1. The molecule has 0 radical (unpaired) electrons. The number of nitrogens with one attached hydrogen (secondary N) is 1. The standard InChI is InChI=1S/C58H113NO5/c1-3-5-7-9-11-13-15-17-19-21-23-24-25-26-27-28-29-30-31-32-33-34-36-38-40-42-44-46-48-50-52-56(62)58(64)59-54(53-60)57(63)55(61)51-49-47-45-43-41-39-37-35-22-20-18-16-14-12-10-8-6-4-2/h26-27,43,45,54-57,60-63H,3-25,28-42,44,46-53H2,1-2H3,(H,59,64)/b27-26-,45-43+. The van der Waals surface area contributed by atoms with Crippen molar-refractivity contribution in [3.63, 3.8) is 0 Å². The maximum atomic E-state index is 12.6. The van der Waals surface area contributed by atoms with Crippen molar-refractivity contribution < 1.29 is 25.2 Å². The van der Waals surface area contributed by atoms with Crippen molar-refractivity contribution in [1.29, 1.82) is 0 Å². The van der Waals surface area contributed by atoms with E-state index in [2.05, 4.69) is 43.5 Å². The number of hydrogen-bond donors (Lipinski definition) is 5. The summed E-state index contributed by atoms with van der Waals surface area (Å²) in [5, 5.41) is 43.9. The van der Waals surface area contributed by atoms with E-state index < -0.39 is 36.9 Å². The first-order valence-corrected chi connectivity index (χ1v) is 28.7. The van der Waals surface area contributed by atoms with E-state index >= 15 is 0 Å². The van der Waals surface area contributed by atoms with Gasteiger partial charge in [-0.15, -0.1) is 0 Å². The van der Waals surface area contributed by atoms with Crippen LogP contribution in [0.2, 0.25) is 0 Å². The molecule has 4 atom stereocenters.